The van der Waals surface area contributed by atoms with E-state index in [9.17, 15) is 4.79 Å². The summed E-state index contributed by atoms with van der Waals surface area (Å²) in [6.07, 6.45) is 1.09. The molecule has 1 saturated heterocycles. The Morgan fingerprint density at radius 2 is 2.10 bits per heavy atom. The van der Waals surface area contributed by atoms with Crippen LogP contribution in [0, 0.1) is 5.92 Å². The van der Waals surface area contributed by atoms with Crippen LogP contribution in [0.4, 0.5) is 0 Å². The third-order valence-electron chi connectivity index (χ3n) is 3.23. The standard InChI is InChI=1S/C13H26N4O3.HI/c1-14-13(16-8-12(18)15-5-7-19-2)17-6-4-11(9-17)10-20-3;/h11H,4-10H2,1-3H3,(H,14,16)(H,15,18);1H. The number of halogens is 1. The number of nitrogens with zero attached hydrogens (tertiary/aromatic N) is 2. The summed E-state index contributed by atoms with van der Waals surface area (Å²) >= 11 is 0. The number of hydrogen-bond acceptors (Lipinski definition) is 4. The molecule has 0 aliphatic carbocycles. The van der Waals surface area contributed by atoms with Gasteiger partial charge in [0.1, 0.15) is 0 Å². The summed E-state index contributed by atoms with van der Waals surface area (Å²) in [5.74, 6) is 1.25. The number of aliphatic imine (C=N–C) groups is 1. The fourth-order valence-electron chi connectivity index (χ4n) is 2.24. The Morgan fingerprint density at radius 1 is 1.33 bits per heavy atom. The second kappa shape index (κ2) is 12.0. The maximum absolute atomic E-state index is 11.6. The van der Waals surface area contributed by atoms with E-state index >= 15 is 0 Å². The Bertz CT molecular complexity index is 329. The molecular formula is C13H27IN4O3. The van der Waals surface area contributed by atoms with Gasteiger partial charge < -0.3 is 25.0 Å². The highest BCUT2D eigenvalue weighted by Crippen LogP contribution is 2.16. The van der Waals surface area contributed by atoms with Crippen molar-refractivity contribution in [3.05, 3.63) is 0 Å². The first-order valence-electron chi connectivity index (χ1n) is 6.91. The average molecular weight is 414 g/mol. The van der Waals surface area contributed by atoms with Crippen LogP contribution in [0.15, 0.2) is 4.99 Å². The topological polar surface area (TPSA) is 75.2 Å². The van der Waals surface area contributed by atoms with Crippen molar-refractivity contribution in [2.45, 2.75) is 6.42 Å². The summed E-state index contributed by atoms with van der Waals surface area (Å²) in [6, 6.07) is 0. The van der Waals surface area contributed by atoms with Crippen LogP contribution in [0.1, 0.15) is 6.42 Å². The normalized spacial score (nSPS) is 18.3. The minimum atomic E-state index is -0.0594. The van der Waals surface area contributed by atoms with Crippen molar-refractivity contribution in [1.82, 2.24) is 15.5 Å². The van der Waals surface area contributed by atoms with Crippen molar-refractivity contribution in [2.24, 2.45) is 10.9 Å². The van der Waals surface area contributed by atoms with Gasteiger partial charge >= 0.3 is 0 Å². The highest BCUT2D eigenvalue weighted by molar-refractivity contribution is 14.0. The van der Waals surface area contributed by atoms with Gasteiger partial charge in [-0.15, -0.1) is 24.0 Å². The number of ether oxygens (including phenoxy) is 2. The summed E-state index contributed by atoms with van der Waals surface area (Å²) in [6.45, 7) is 3.89. The summed E-state index contributed by atoms with van der Waals surface area (Å²) in [4.78, 5) is 18.0. The van der Waals surface area contributed by atoms with Gasteiger partial charge in [0, 0.05) is 46.8 Å². The lowest BCUT2D eigenvalue weighted by atomic mass is 10.1. The first kappa shape index (κ1) is 20.4. The van der Waals surface area contributed by atoms with Gasteiger partial charge in [0.2, 0.25) is 5.91 Å². The Labute approximate surface area is 143 Å². The number of carbonyl (C=O) groups is 1. The van der Waals surface area contributed by atoms with Crippen LogP contribution in [0.5, 0.6) is 0 Å². The summed E-state index contributed by atoms with van der Waals surface area (Å²) < 4.78 is 10.1. The molecule has 1 rings (SSSR count). The van der Waals surface area contributed by atoms with E-state index in [0.29, 0.717) is 19.1 Å². The minimum absolute atomic E-state index is 0. The molecule has 1 aliphatic rings. The smallest absolute Gasteiger partial charge is 0.239 e. The third-order valence-corrected chi connectivity index (χ3v) is 3.23. The van der Waals surface area contributed by atoms with E-state index in [4.69, 9.17) is 9.47 Å². The number of guanidine groups is 1. The van der Waals surface area contributed by atoms with Gasteiger partial charge in [-0.2, -0.15) is 0 Å². The van der Waals surface area contributed by atoms with Crippen LogP contribution in [0.3, 0.4) is 0 Å². The predicted molar refractivity (Wildman–Crippen MR) is 93.2 cm³/mol. The highest BCUT2D eigenvalue weighted by Gasteiger charge is 2.24. The number of nitrogens with one attached hydrogen (secondary N) is 2. The molecule has 1 aliphatic heterocycles. The van der Waals surface area contributed by atoms with Gasteiger partial charge in [0.15, 0.2) is 5.96 Å². The van der Waals surface area contributed by atoms with Crippen molar-refractivity contribution in [2.75, 3.05) is 60.7 Å². The summed E-state index contributed by atoms with van der Waals surface area (Å²) in [5.41, 5.74) is 0. The molecule has 1 atom stereocenters. The van der Waals surface area contributed by atoms with E-state index in [1.165, 1.54) is 0 Å². The van der Waals surface area contributed by atoms with Gasteiger partial charge in [-0.3, -0.25) is 9.79 Å². The average Bonchev–Trinajstić information content (AvgIpc) is 2.89. The van der Waals surface area contributed by atoms with Crippen LogP contribution < -0.4 is 10.6 Å². The molecule has 1 heterocycles. The molecule has 0 aromatic heterocycles. The molecular weight excluding hydrogens is 387 g/mol. The number of likely N-dealkylation sites (tertiary alicyclic amines) is 1. The van der Waals surface area contributed by atoms with E-state index < -0.39 is 0 Å². The molecule has 0 spiro atoms. The van der Waals surface area contributed by atoms with Crippen molar-refractivity contribution in [1.29, 1.82) is 0 Å². The van der Waals surface area contributed by atoms with Gasteiger partial charge in [0.05, 0.1) is 19.8 Å². The fraction of sp³-hybridized carbons (Fsp3) is 0.846. The second-order valence-corrected chi connectivity index (χ2v) is 4.80. The fourth-order valence-corrected chi connectivity index (χ4v) is 2.24. The quantitative estimate of drug-likeness (QED) is 0.264. The molecule has 7 nitrogen and oxygen atoms in total. The minimum Gasteiger partial charge on any atom is -0.384 e. The lowest BCUT2D eigenvalue weighted by Gasteiger charge is -2.21. The Balaban J connectivity index is 0.00000400. The number of amides is 1. The van der Waals surface area contributed by atoms with Crippen LogP contribution in [-0.2, 0) is 14.3 Å². The van der Waals surface area contributed by atoms with Gasteiger partial charge in [-0.1, -0.05) is 0 Å². The Kier molecular flexibility index (Phi) is 11.6. The van der Waals surface area contributed by atoms with E-state index in [1.807, 2.05) is 0 Å². The third kappa shape index (κ3) is 7.82. The Morgan fingerprint density at radius 3 is 2.71 bits per heavy atom. The zero-order valence-corrected chi connectivity index (χ0v) is 15.4. The van der Waals surface area contributed by atoms with Crippen molar-refractivity contribution in [3.63, 3.8) is 0 Å². The molecule has 0 saturated carbocycles. The SMILES string of the molecule is CN=C(NCC(=O)NCCOC)N1CCC(COC)C1.I. The molecule has 0 bridgehead atoms. The molecule has 1 fully saturated rings. The van der Waals surface area contributed by atoms with Crippen LogP contribution in [0.2, 0.25) is 0 Å². The lowest BCUT2D eigenvalue weighted by molar-refractivity contribution is -0.120. The first-order valence-corrected chi connectivity index (χ1v) is 6.91. The first-order chi connectivity index (χ1) is 9.71. The molecule has 21 heavy (non-hydrogen) atoms. The van der Waals surface area contributed by atoms with E-state index in [1.54, 1.807) is 21.3 Å². The number of carbonyl (C=O) groups excluding carboxylic acids is 1. The molecule has 2 N–H and O–H groups in total. The Hall–Kier alpha value is -0.610. The molecule has 0 radical (unpaired) electrons. The lowest BCUT2D eigenvalue weighted by Crippen LogP contribution is -2.45. The maximum Gasteiger partial charge on any atom is 0.239 e. The molecule has 0 aromatic carbocycles. The number of methoxy groups -OCH3 is 2. The molecule has 1 unspecified atom stereocenters. The van der Waals surface area contributed by atoms with Crippen molar-refractivity contribution >= 4 is 35.8 Å². The van der Waals surface area contributed by atoms with Crippen molar-refractivity contribution in [3.8, 4) is 0 Å². The van der Waals surface area contributed by atoms with Crippen molar-refractivity contribution < 1.29 is 14.3 Å². The number of rotatable bonds is 7. The van der Waals surface area contributed by atoms with Gasteiger partial charge in [-0.05, 0) is 6.42 Å². The van der Waals surface area contributed by atoms with Crippen LogP contribution in [-0.4, -0.2) is 77.4 Å². The molecule has 1 amide bonds. The van der Waals surface area contributed by atoms with E-state index in [-0.39, 0.29) is 36.4 Å². The van der Waals surface area contributed by atoms with Gasteiger partial charge in [0.25, 0.3) is 0 Å². The summed E-state index contributed by atoms with van der Waals surface area (Å²) in [5, 5.41) is 5.85. The molecule has 0 aromatic rings. The van der Waals surface area contributed by atoms with Crippen LogP contribution >= 0.6 is 24.0 Å². The van der Waals surface area contributed by atoms with Gasteiger partial charge in [-0.25, -0.2) is 0 Å². The zero-order valence-electron chi connectivity index (χ0n) is 13.1. The van der Waals surface area contributed by atoms with E-state index in [2.05, 4.69) is 20.5 Å². The van der Waals surface area contributed by atoms with E-state index in [0.717, 1.165) is 32.1 Å². The zero-order chi connectivity index (χ0) is 14.8. The second-order valence-electron chi connectivity index (χ2n) is 4.80. The van der Waals surface area contributed by atoms with Crippen LogP contribution in [0.25, 0.3) is 0 Å². The number of hydrogen-bond donors (Lipinski definition) is 2. The maximum atomic E-state index is 11.6. The molecule has 124 valence electrons. The predicted octanol–water partition coefficient (Wildman–Crippen LogP) is -0.0893. The largest absolute Gasteiger partial charge is 0.384 e. The monoisotopic (exact) mass is 414 g/mol. The highest BCUT2D eigenvalue weighted by atomic mass is 127. The molecule has 8 heteroatoms. The summed E-state index contributed by atoms with van der Waals surface area (Å²) in [7, 11) is 5.06.